The number of hydrogen-bond acceptors (Lipinski definition) is 5. The van der Waals surface area contributed by atoms with E-state index in [0.29, 0.717) is 10.8 Å². The predicted molar refractivity (Wildman–Crippen MR) is 94.8 cm³/mol. The molecule has 3 N–H and O–H groups in total. The first-order chi connectivity index (χ1) is 12.9. The summed E-state index contributed by atoms with van der Waals surface area (Å²) < 4.78 is 60.6. The third kappa shape index (κ3) is 5.59. The molecule has 0 spiro atoms. The molecule has 1 aliphatic rings. The van der Waals surface area contributed by atoms with Crippen molar-refractivity contribution in [3.05, 3.63) is 41.0 Å². The Hall–Kier alpha value is -2.31. The Morgan fingerprint density at radius 2 is 1.96 bits per heavy atom. The Morgan fingerprint density at radius 1 is 1.36 bits per heavy atom. The number of nitrogens with one attached hydrogen (secondary N) is 2. The highest BCUT2D eigenvalue weighted by molar-refractivity contribution is 7.92. The molecule has 1 fully saturated rings. The molecular weight excluding hydrogens is 425 g/mol. The fourth-order valence-electron chi connectivity index (χ4n) is 1.99. The van der Waals surface area contributed by atoms with Crippen molar-refractivity contribution in [3.8, 4) is 0 Å². The van der Waals surface area contributed by atoms with Gasteiger partial charge in [-0.25, -0.2) is 13.2 Å². The Labute approximate surface area is 163 Å². The number of aryl methyl sites for hydroxylation is 1. The van der Waals surface area contributed by atoms with Crippen LogP contribution in [-0.2, 0) is 14.8 Å². The first-order valence-corrected chi connectivity index (χ1v) is 9.61. The molecule has 1 aromatic carbocycles. The quantitative estimate of drug-likeness (QED) is 0.673. The second-order valence-electron chi connectivity index (χ2n) is 5.81. The zero-order valence-electron chi connectivity index (χ0n) is 14.4. The lowest BCUT2D eigenvalue weighted by molar-refractivity contribution is -0.192. The molecule has 0 aliphatic carbocycles. The van der Waals surface area contributed by atoms with E-state index < -0.39 is 22.2 Å². The highest BCUT2D eigenvalue weighted by Gasteiger charge is 2.38. The standard InChI is InChI=1S/C13H15ClN4O2S.C2HF3O2/c1-9-2-3-11(6-12(9)14)21(19,20)17-13-4-5-18(16-13)10-7-15-8-10;3-2(4,5)1(6)7/h2-6,10,15H,7-8H2,1H3,(H,16,17);(H,6,7). The van der Waals surface area contributed by atoms with Crippen molar-refractivity contribution < 1.29 is 31.5 Å². The normalized spacial score (nSPS) is 14.6. The summed E-state index contributed by atoms with van der Waals surface area (Å²) in [4.78, 5) is 9.02. The summed E-state index contributed by atoms with van der Waals surface area (Å²) in [6.07, 6.45) is -3.31. The number of hydrogen-bond donors (Lipinski definition) is 3. The zero-order valence-corrected chi connectivity index (χ0v) is 15.9. The Bertz CT molecular complexity index is 958. The van der Waals surface area contributed by atoms with E-state index in [4.69, 9.17) is 21.5 Å². The van der Waals surface area contributed by atoms with Crippen molar-refractivity contribution in [2.75, 3.05) is 17.8 Å². The van der Waals surface area contributed by atoms with Crippen LogP contribution < -0.4 is 10.0 Å². The summed E-state index contributed by atoms with van der Waals surface area (Å²) in [5.41, 5.74) is 0.831. The largest absolute Gasteiger partial charge is 0.490 e. The van der Waals surface area contributed by atoms with Gasteiger partial charge in [-0.1, -0.05) is 17.7 Å². The van der Waals surface area contributed by atoms with Gasteiger partial charge in [-0.15, -0.1) is 0 Å². The van der Waals surface area contributed by atoms with Crippen LogP contribution in [0.1, 0.15) is 11.6 Å². The summed E-state index contributed by atoms with van der Waals surface area (Å²) in [5, 5.41) is 14.9. The van der Waals surface area contributed by atoms with Gasteiger partial charge in [0.15, 0.2) is 5.82 Å². The van der Waals surface area contributed by atoms with Crippen LogP contribution in [0.2, 0.25) is 5.02 Å². The van der Waals surface area contributed by atoms with E-state index in [9.17, 15) is 21.6 Å². The molecule has 13 heteroatoms. The summed E-state index contributed by atoms with van der Waals surface area (Å²) >= 11 is 5.98. The molecule has 154 valence electrons. The van der Waals surface area contributed by atoms with Crippen molar-refractivity contribution in [2.24, 2.45) is 0 Å². The van der Waals surface area contributed by atoms with E-state index in [0.717, 1.165) is 18.7 Å². The van der Waals surface area contributed by atoms with Gasteiger partial charge < -0.3 is 10.4 Å². The number of halogens is 4. The molecule has 0 bridgehead atoms. The van der Waals surface area contributed by atoms with E-state index in [2.05, 4.69) is 15.1 Å². The van der Waals surface area contributed by atoms with Crippen molar-refractivity contribution in [2.45, 2.75) is 24.0 Å². The second kappa shape index (κ2) is 8.37. The Morgan fingerprint density at radius 3 is 2.43 bits per heavy atom. The highest BCUT2D eigenvalue weighted by Crippen LogP contribution is 2.22. The molecule has 1 aromatic heterocycles. The smallest absolute Gasteiger partial charge is 0.475 e. The monoisotopic (exact) mass is 440 g/mol. The minimum atomic E-state index is -5.08. The minimum Gasteiger partial charge on any atom is -0.475 e. The van der Waals surface area contributed by atoms with Gasteiger partial charge in [0.2, 0.25) is 0 Å². The molecule has 0 radical (unpaired) electrons. The van der Waals surface area contributed by atoms with Gasteiger partial charge in [-0.05, 0) is 24.6 Å². The van der Waals surface area contributed by atoms with E-state index >= 15 is 0 Å². The molecule has 0 unspecified atom stereocenters. The number of aliphatic carboxylic acids is 1. The number of benzene rings is 1. The number of carboxylic acid groups (broad SMARTS) is 1. The van der Waals surface area contributed by atoms with Crippen molar-refractivity contribution >= 4 is 33.4 Å². The van der Waals surface area contributed by atoms with Crippen LogP contribution in [0.3, 0.4) is 0 Å². The average molecular weight is 441 g/mol. The first-order valence-electron chi connectivity index (χ1n) is 7.75. The van der Waals surface area contributed by atoms with E-state index in [1.807, 2.05) is 6.92 Å². The van der Waals surface area contributed by atoms with Crippen molar-refractivity contribution in [1.82, 2.24) is 15.1 Å². The molecule has 2 heterocycles. The van der Waals surface area contributed by atoms with E-state index in [-0.39, 0.29) is 10.9 Å². The van der Waals surface area contributed by atoms with Crippen molar-refractivity contribution in [3.63, 3.8) is 0 Å². The summed E-state index contributed by atoms with van der Waals surface area (Å²) in [6.45, 7) is 3.52. The fourth-order valence-corrected chi connectivity index (χ4v) is 3.26. The van der Waals surface area contributed by atoms with Crippen LogP contribution >= 0.6 is 11.6 Å². The third-order valence-corrected chi connectivity index (χ3v) is 5.44. The molecule has 1 aliphatic heterocycles. The van der Waals surface area contributed by atoms with Gasteiger partial charge in [0.1, 0.15) is 0 Å². The summed E-state index contributed by atoms with van der Waals surface area (Å²) in [7, 11) is -3.68. The SMILES string of the molecule is Cc1ccc(S(=O)(=O)Nc2ccn(C3CNC3)n2)cc1Cl.O=C(O)C(F)(F)F. The van der Waals surface area contributed by atoms with E-state index in [1.165, 1.54) is 12.1 Å². The lowest BCUT2D eigenvalue weighted by Crippen LogP contribution is -2.43. The van der Waals surface area contributed by atoms with Gasteiger partial charge in [0.05, 0.1) is 10.9 Å². The average Bonchev–Trinajstić information content (AvgIpc) is 2.95. The molecule has 0 amide bonds. The zero-order chi connectivity index (χ0) is 21.1. The van der Waals surface area contributed by atoms with Gasteiger partial charge >= 0.3 is 12.1 Å². The van der Waals surface area contributed by atoms with Gasteiger partial charge in [0.25, 0.3) is 10.0 Å². The maximum Gasteiger partial charge on any atom is 0.490 e. The predicted octanol–water partition coefficient (Wildman–Crippen LogP) is 2.42. The number of sulfonamides is 1. The molecule has 1 saturated heterocycles. The molecule has 0 atom stereocenters. The van der Waals surface area contributed by atoms with Crippen LogP contribution in [0.5, 0.6) is 0 Å². The lowest BCUT2D eigenvalue weighted by atomic mass is 10.2. The first kappa shape index (κ1) is 22.0. The number of alkyl halides is 3. The van der Waals surface area contributed by atoms with Crippen LogP contribution in [0.15, 0.2) is 35.4 Å². The highest BCUT2D eigenvalue weighted by atomic mass is 35.5. The number of anilines is 1. The summed E-state index contributed by atoms with van der Waals surface area (Å²) in [6, 6.07) is 6.57. The van der Waals surface area contributed by atoms with Gasteiger partial charge in [-0.2, -0.15) is 18.3 Å². The van der Waals surface area contributed by atoms with E-state index in [1.54, 1.807) is 23.0 Å². The number of carboxylic acids is 1. The van der Waals surface area contributed by atoms with Crippen LogP contribution in [-0.4, -0.2) is 48.5 Å². The number of nitrogens with zero attached hydrogens (tertiary/aromatic N) is 2. The van der Waals surface area contributed by atoms with Gasteiger partial charge in [-0.3, -0.25) is 9.40 Å². The Kier molecular flexibility index (Phi) is 6.57. The maximum atomic E-state index is 12.3. The second-order valence-corrected chi connectivity index (χ2v) is 7.90. The lowest BCUT2D eigenvalue weighted by Gasteiger charge is -2.27. The van der Waals surface area contributed by atoms with Crippen LogP contribution in [0, 0.1) is 6.92 Å². The molecular formula is C15H16ClF3N4O4S. The molecule has 8 nitrogen and oxygen atoms in total. The molecule has 28 heavy (non-hydrogen) atoms. The fraction of sp³-hybridized carbons (Fsp3) is 0.333. The van der Waals surface area contributed by atoms with Gasteiger partial charge in [0, 0.05) is 30.4 Å². The third-order valence-electron chi connectivity index (χ3n) is 3.68. The molecule has 0 saturated carbocycles. The number of carbonyl (C=O) groups is 1. The minimum absolute atomic E-state index is 0.123. The Balaban J connectivity index is 0.000000345. The molecule has 3 rings (SSSR count). The number of rotatable bonds is 4. The topological polar surface area (TPSA) is 113 Å². The number of aromatic nitrogens is 2. The van der Waals surface area contributed by atoms with Crippen LogP contribution in [0.25, 0.3) is 0 Å². The summed E-state index contributed by atoms with van der Waals surface area (Å²) in [5.74, 6) is -2.45. The van der Waals surface area contributed by atoms with Crippen LogP contribution in [0.4, 0.5) is 19.0 Å². The molecule has 2 aromatic rings. The van der Waals surface area contributed by atoms with Crippen molar-refractivity contribution in [1.29, 1.82) is 0 Å². The maximum absolute atomic E-state index is 12.3.